The fourth-order valence-corrected chi connectivity index (χ4v) is 2.55. The van der Waals surface area contributed by atoms with Crippen molar-refractivity contribution in [1.82, 2.24) is 9.97 Å². The molecule has 0 aliphatic heterocycles. The molecular formula is C17H19N3O. The van der Waals surface area contributed by atoms with E-state index in [1.54, 1.807) is 0 Å². The Bertz CT molecular complexity index is 773. The number of H-pyrrole nitrogens is 2. The van der Waals surface area contributed by atoms with Crippen LogP contribution in [0.15, 0.2) is 53.3 Å². The van der Waals surface area contributed by atoms with Crippen LogP contribution >= 0.6 is 0 Å². The number of aromatic nitrogens is 2. The number of rotatable bonds is 5. The topological polar surface area (TPSA) is 60.7 Å². The van der Waals surface area contributed by atoms with Gasteiger partial charge < -0.3 is 15.3 Å². The van der Waals surface area contributed by atoms with Crippen LogP contribution in [0.5, 0.6) is 0 Å². The van der Waals surface area contributed by atoms with E-state index < -0.39 is 0 Å². The van der Waals surface area contributed by atoms with Crippen molar-refractivity contribution in [3.05, 3.63) is 64.6 Å². The molecule has 1 heterocycles. The maximum atomic E-state index is 11.3. The van der Waals surface area contributed by atoms with Crippen molar-refractivity contribution in [3.8, 4) is 0 Å². The summed E-state index contributed by atoms with van der Waals surface area (Å²) in [6.07, 6.45) is 2.02. The molecule has 108 valence electrons. The normalized spacial score (nSPS) is 12.4. The van der Waals surface area contributed by atoms with Crippen LogP contribution in [0, 0.1) is 0 Å². The van der Waals surface area contributed by atoms with Crippen LogP contribution in [0.4, 0.5) is 5.69 Å². The van der Waals surface area contributed by atoms with E-state index in [1.165, 1.54) is 5.56 Å². The van der Waals surface area contributed by atoms with Gasteiger partial charge in [-0.05, 0) is 36.6 Å². The molecule has 1 unspecified atom stereocenters. The fourth-order valence-electron chi connectivity index (χ4n) is 2.55. The van der Waals surface area contributed by atoms with Crippen molar-refractivity contribution < 1.29 is 0 Å². The molecular weight excluding hydrogens is 262 g/mol. The lowest BCUT2D eigenvalue weighted by molar-refractivity contribution is 0.690. The van der Waals surface area contributed by atoms with Gasteiger partial charge in [0.15, 0.2) is 0 Å². The lowest BCUT2D eigenvalue weighted by Crippen LogP contribution is -2.21. The minimum Gasteiger partial charge on any atom is -0.382 e. The molecule has 1 aromatic heterocycles. The molecule has 0 saturated carbocycles. The Morgan fingerprint density at radius 3 is 2.57 bits per heavy atom. The monoisotopic (exact) mass is 281 g/mol. The smallest absolute Gasteiger partial charge is 0.323 e. The van der Waals surface area contributed by atoms with E-state index in [0.29, 0.717) is 6.04 Å². The predicted molar refractivity (Wildman–Crippen MR) is 86.8 cm³/mol. The van der Waals surface area contributed by atoms with Gasteiger partial charge in [0.05, 0.1) is 11.0 Å². The largest absolute Gasteiger partial charge is 0.382 e. The van der Waals surface area contributed by atoms with Gasteiger partial charge in [0.2, 0.25) is 0 Å². The van der Waals surface area contributed by atoms with Gasteiger partial charge in [0.1, 0.15) is 0 Å². The highest BCUT2D eigenvalue weighted by molar-refractivity contribution is 5.78. The highest BCUT2D eigenvalue weighted by Gasteiger charge is 2.08. The summed E-state index contributed by atoms with van der Waals surface area (Å²) < 4.78 is 0. The average Bonchev–Trinajstić information content (AvgIpc) is 2.87. The molecule has 3 N–H and O–H groups in total. The highest BCUT2D eigenvalue weighted by Crippen LogP contribution is 2.17. The predicted octanol–water partition coefficient (Wildman–Crippen LogP) is 3.29. The minimum atomic E-state index is -0.168. The van der Waals surface area contributed by atoms with Crippen LogP contribution in [0.3, 0.4) is 0 Å². The lowest BCUT2D eigenvalue weighted by atomic mass is 10.0. The average molecular weight is 281 g/mol. The van der Waals surface area contributed by atoms with E-state index in [0.717, 1.165) is 29.6 Å². The van der Waals surface area contributed by atoms with E-state index in [-0.39, 0.29) is 5.69 Å². The van der Waals surface area contributed by atoms with E-state index >= 15 is 0 Å². The zero-order valence-electron chi connectivity index (χ0n) is 12.0. The molecule has 0 aliphatic carbocycles. The molecule has 0 spiro atoms. The molecule has 0 saturated heterocycles. The number of anilines is 1. The molecule has 0 amide bonds. The zero-order chi connectivity index (χ0) is 14.7. The summed E-state index contributed by atoms with van der Waals surface area (Å²) in [5.74, 6) is 0. The molecule has 0 radical (unpaired) electrons. The van der Waals surface area contributed by atoms with Crippen LogP contribution in [-0.4, -0.2) is 16.0 Å². The van der Waals surface area contributed by atoms with E-state index in [2.05, 4.69) is 46.5 Å². The number of imidazole rings is 1. The van der Waals surface area contributed by atoms with Gasteiger partial charge >= 0.3 is 5.69 Å². The van der Waals surface area contributed by atoms with E-state index in [1.807, 2.05) is 24.3 Å². The molecule has 0 bridgehead atoms. The second kappa shape index (κ2) is 5.87. The highest BCUT2D eigenvalue weighted by atomic mass is 16.1. The van der Waals surface area contributed by atoms with Gasteiger partial charge in [-0.3, -0.25) is 0 Å². The Kier molecular flexibility index (Phi) is 3.77. The molecule has 2 aromatic carbocycles. The van der Waals surface area contributed by atoms with Crippen molar-refractivity contribution in [1.29, 1.82) is 0 Å². The quantitative estimate of drug-likeness (QED) is 0.672. The number of aromatic amines is 2. The first-order valence-electron chi connectivity index (χ1n) is 7.27. The van der Waals surface area contributed by atoms with E-state index in [4.69, 9.17) is 0 Å². The van der Waals surface area contributed by atoms with Crippen LogP contribution in [0.2, 0.25) is 0 Å². The maximum Gasteiger partial charge on any atom is 0.323 e. The summed E-state index contributed by atoms with van der Waals surface area (Å²) in [6.45, 7) is 2.18. The number of hydrogen-bond donors (Lipinski definition) is 3. The third kappa shape index (κ3) is 3.16. The Hall–Kier alpha value is -2.49. The standard InChI is InChI=1S/C17H19N3O/c1-2-13(10-12-6-4-3-5-7-12)18-14-8-9-15-16(11-14)20-17(21)19-15/h3-9,11,13,18H,2,10H2,1H3,(H2,19,20,21). The number of nitrogens with one attached hydrogen (secondary N) is 3. The maximum absolute atomic E-state index is 11.3. The second-order valence-electron chi connectivity index (χ2n) is 5.28. The third-order valence-electron chi connectivity index (χ3n) is 3.70. The number of hydrogen-bond acceptors (Lipinski definition) is 2. The van der Waals surface area contributed by atoms with Crippen molar-refractivity contribution in [2.45, 2.75) is 25.8 Å². The van der Waals surface area contributed by atoms with Gasteiger partial charge in [0, 0.05) is 11.7 Å². The summed E-state index contributed by atoms with van der Waals surface area (Å²) in [6, 6.07) is 16.7. The van der Waals surface area contributed by atoms with Crippen LogP contribution in [0.25, 0.3) is 11.0 Å². The fraction of sp³-hybridized carbons (Fsp3) is 0.235. The number of benzene rings is 2. The van der Waals surface area contributed by atoms with Crippen molar-refractivity contribution >= 4 is 16.7 Å². The summed E-state index contributed by atoms with van der Waals surface area (Å²) >= 11 is 0. The molecule has 3 aromatic rings. The van der Waals surface area contributed by atoms with Crippen LogP contribution in [-0.2, 0) is 6.42 Å². The van der Waals surface area contributed by atoms with Gasteiger partial charge in [0.25, 0.3) is 0 Å². The lowest BCUT2D eigenvalue weighted by Gasteiger charge is -2.18. The van der Waals surface area contributed by atoms with Gasteiger partial charge in [-0.2, -0.15) is 0 Å². The molecule has 1 atom stereocenters. The first kappa shape index (κ1) is 13.5. The molecule has 21 heavy (non-hydrogen) atoms. The zero-order valence-corrected chi connectivity index (χ0v) is 12.0. The van der Waals surface area contributed by atoms with Gasteiger partial charge in [-0.1, -0.05) is 37.3 Å². The summed E-state index contributed by atoms with van der Waals surface area (Å²) in [5.41, 5.74) is 3.85. The van der Waals surface area contributed by atoms with Crippen molar-refractivity contribution in [3.63, 3.8) is 0 Å². The van der Waals surface area contributed by atoms with Crippen LogP contribution < -0.4 is 11.0 Å². The first-order chi connectivity index (χ1) is 10.2. The third-order valence-corrected chi connectivity index (χ3v) is 3.70. The van der Waals surface area contributed by atoms with E-state index in [9.17, 15) is 4.79 Å². The minimum absolute atomic E-state index is 0.168. The van der Waals surface area contributed by atoms with Gasteiger partial charge in [-0.15, -0.1) is 0 Å². The van der Waals surface area contributed by atoms with Gasteiger partial charge in [-0.25, -0.2) is 4.79 Å². The SMILES string of the molecule is CCC(Cc1ccccc1)Nc1ccc2[nH]c(=O)[nH]c2c1. The molecule has 3 rings (SSSR count). The Balaban J connectivity index is 1.77. The Morgan fingerprint density at radius 2 is 1.81 bits per heavy atom. The summed E-state index contributed by atoms with van der Waals surface area (Å²) in [5, 5.41) is 3.54. The summed E-state index contributed by atoms with van der Waals surface area (Å²) in [7, 11) is 0. The molecule has 4 heteroatoms. The molecule has 0 fully saturated rings. The number of fused-ring (bicyclic) bond motifs is 1. The van der Waals surface area contributed by atoms with Crippen molar-refractivity contribution in [2.75, 3.05) is 5.32 Å². The molecule has 0 aliphatic rings. The molecule has 4 nitrogen and oxygen atoms in total. The second-order valence-corrected chi connectivity index (χ2v) is 5.28. The van der Waals surface area contributed by atoms with Crippen molar-refractivity contribution in [2.24, 2.45) is 0 Å². The first-order valence-corrected chi connectivity index (χ1v) is 7.27. The van der Waals surface area contributed by atoms with Crippen LogP contribution in [0.1, 0.15) is 18.9 Å². The summed E-state index contributed by atoms with van der Waals surface area (Å²) in [4.78, 5) is 16.8. The Labute approximate surface area is 123 Å². The Morgan fingerprint density at radius 1 is 1.05 bits per heavy atom.